The summed E-state index contributed by atoms with van der Waals surface area (Å²) in [4.78, 5) is 24.4. The average Bonchev–Trinajstić information content (AvgIpc) is 2.63. The first-order valence-electron chi connectivity index (χ1n) is 8.65. The molecule has 0 saturated heterocycles. The van der Waals surface area contributed by atoms with E-state index in [-0.39, 0.29) is 24.5 Å². The third-order valence-corrected chi connectivity index (χ3v) is 4.16. The fraction of sp³-hybridized carbons (Fsp3) is 0.333. The standard InChI is InChI=1S/C21H25NO4/c1-5-26-19-10-8-17(13-20(19)25-4)22-21(24)11-9-18(23)16-7-6-14(2)15(3)12-16/h6-8,10,12-13H,5,9,11H2,1-4H3,(H,22,24). The molecule has 0 radical (unpaired) electrons. The minimum atomic E-state index is -0.214. The topological polar surface area (TPSA) is 64.6 Å². The molecule has 0 atom stereocenters. The van der Waals surface area contributed by atoms with Gasteiger partial charge < -0.3 is 14.8 Å². The first-order chi connectivity index (χ1) is 12.4. The number of hydrogen-bond donors (Lipinski definition) is 1. The molecule has 0 aliphatic rings. The predicted molar refractivity (Wildman–Crippen MR) is 102 cm³/mol. The largest absolute Gasteiger partial charge is 0.493 e. The van der Waals surface area contributed by atoms with Crippen molar-refractivity contribution in [3.05, 3.63) is 53.1 Å². The number of amides is 1. The fourth-order valence-electron chi connectivity index (χ4n) is 2.53. The lowest BCUT2D eigenvalue weighted by molar-refractivity contribution is -0.116. The van der Waals surface area contributed by atoms with E-state index in [1.165, 1.54) is 0 Å². The Morgan fingerprint density at radius 3 is 2.38 bits per heavy atom. The lowest BCUT2D eigenvalue weighted by Gasteiger charge is -2.11. The van der Waals surface area contributed by atoms with Gasteiger partial charge in [-0.25, -0.2) is 0 Å². The summed E-state index contributed by atoms with van der Waals surface area (Å²) in [6.45, 7) is 6.39. The van der Waals surface area contributed by atoms with Crippen molar-refractivity contribution in [2.75, 3.05) is 19.0 Å². The third-order valence-electron chi connectivity index (χ3n) is 4.16. The normalized spacial score (nSPS) is 10.3. The average molecular weight is 355 g/mol. The number of carbonyl (C=O) groups excluding carboxylic acids is 2. The number of anilines is 1. The SMILES string of the molecule is CCOc1ccc(NC(=O)CCC(=O)c2ccc(C)c(C)c2)cc1OC. The van der Waals surface area contributed by atoms with Gasteiger partial charge in [-0.2, -0.15) is 0 Å². The minimum absolute atomic E-state index is 0.0347. The molecule has 0 spiro atoms. The molecule has 0 aliphatic carbocycles. The van der Waals surface area contributed by atoms with Gasteiger partial charge in [-0.3, -0.25) is 9.59 Å². The number of ketones is 1. The second-order valence-corrected chi connectivity index (χ2v) is 6.07. The number of Topliss-reactive ketones (excluding diaryl/α,β-unsaturated/α-hetero) is 1. The maximum Gasteiger partial charge on any atom is 0.224 e. The number of rotatable bonds is 8. The molecule has 2 rings (SSSR count). The summed E-state index contributed by atoms with van der Waals surface area (Å²) in [6, 6.07) is 10.8. The van der Waals surface area contributed by atoms with Crippen LogP contribution < -0.4 is 14.8 Å². The van der Waals surface area contributed by atoms with Gasteiger partial charge >= 0.3 is 0 Å². The van der Waals surface area contributed by atoms with Gasteiger partial charge in [0.05, 0.1) is 13.7 Å². The van der Waals surface area contributed by atoms with Crippen LogP contribution in [0.2, 0.25) is 0 Å². The molecule has 0 bridgehead atoms. The highest BCUT2D eigenvalue weighted by Gasteiger charge is 2.12. The molecule has 0 saturated carbocycles. The second-order valence-electron chi connectivity index (χ2n) is 6.07. The summed E-state index contributed by atoms with van der Waals surface area (Å²) in [5.74, 6) is 0.926. The van der Waals surface area contributed by atoms with Crippen molar-refractivity contribution in [3.63, 3.8) is 0 Å². The van der Waals surface area contributed by atoms with Gasteiger partial charge in [-0.1, -0.05) is 12.1 Å². The van der Waals surface area contributed by atoms with E-state index in [1.807, 2.05) is 32.9 Å². The van der Waals surface area contributed by atoms with Crippen LogP contribution in [0.1, 0.15) is 41.3 Å². The van der Waals surface area contributed by atoms with Gasteiger partial charge in [0.15, 0.2) is 17.3 Å². The highest BCUT2D eigenvalue weighted by Crippen LogP contribution is 2.30. The van der Waals surface area contributed by atoms with E-state index >= 15 is 0 Å². The van der Waals surface area contributed by atoms with Crippen LogP contribution in [0.5, 0.6) is 11.5 Å². The fourth-order valence-corrected chi connectivity index (χ4v) is 2.53. The van der Waals surface area contributed by atoms with Crippen molar-refractivity contribution < 1.29 is 19.1 Å². The number of ether oxygens (including phenoxy) is 2. The first kappa shape index (κ1) is 19.5. The molecule has 0 aliphatic heterocycles. The lowest BCUT2D eigenvalue weighted by atomic mass is 10.0. The Hall–Kier alpha value is -2.82. The summed E-state index contributed by atoms with van der Waals surface area (Å²) in [5.41, 5.74) is 3.46. The summed E-state index contributed by atoms with van der Waals surface area (Å²) in [7, 11) is 1.55. The number of carbonyl (C=O) groups is 2. The van der Waals surface area contributed by atoms with Crippen molar-refractivity contribution in [1.29, 1.82) is 0 Å². The number of hydrogen-bond acceptors (Lipinski definition) is 4. The van der Waals surface area contributed by atoms with Crippen molar-refractivity contribution >= 4 is 17.4 Å². The third kappa shape index (κ3) is 5.09. The Balaban J connectivity index is 1.94. The second kappa shape index (κ2) is 9.04. The van der Waals surface area contributed by atoms with Crippen molar-refractivity contribution in [2.24, 2.45) is 0 Å². The van der Waals surface area contributed by atoms with Crippen LogP contribution in [-0.4, -0.2) is 25.4 Å². The molecule has 5 heteroatoms. The molecule has 5 nitrogen and oxygen atoms in total. The smallest absolute Gasteiger partial charge is 0.224 e. The van der Waals surface area contributed by atoms with Gasteiger partial charge in [0, 0.05) is 30.2 Å². The summed E-state index contributed by atoms with van der Waals surface area (Å²) < 4.78 is 10.7. The minimum Gasteiger partial charge on any atom is -0.493 e. The van der Waals surface area contributed by atoms with Crippen molar-refractivity contribution in [3.8, 4) is 11.5 Å². The zero-order valence-corrected chi connectivity index (χ0v) is 15.7. The molecular formula is C21H25NO4. The van der Waals surface area contributed by atoms with Crippen molar-refractivity contribution in [1.82, 2.24) is 0 Å². The van der Waals surface area contributed by atoms with Crippen LogP contribution in [0.3, 0.4) is 0 Å². The van der Waals surface area contributed by atoms with E-state index < -0.39 is 0 Å². The van der Waals surface area contributed by atoms with Gasteiger partial charge in [-0.05, 0) is 50.1 Å². The van der Waals surface area contributed by atoms with Crippen LogP contribution in [0.15, 0.2) is 36.4 Å². The quantitative estimate of drug-likeness (QED) is 0.717. The number of nitrogens with one attached hydrogen (secondary N) is 1. The Morgan fingerprint density at radius 1 is 0.962 bits per heavy atom. The summed E-state index contributed by atoms with van der Waals surface area (Å²) in [6.07, 6.45) is 0.295. The van der Waals surface area contributed by atoms with Gasteiger partial charge in [0.1, 0.15) is 0 Å². The predicted octanol–water partition coefficient (Wildman–Crippen LogP) is 4.31. The number of methoxy groups -OCH3 is 1. The Morgan fingerprint density at radius 2 is 1.73 bits per heavy atom. The highest BCUT2D eigenvalue weighted by molar-refractivity contribution is 6.00. The molecule has 0 heterocycles. The molecular weight excluding hydrogens is 330 g/mol. The van der Waals surface area contributed by atoms with Crippen LogP contribution >= 0.6 is 0 Å². The van der Waals surface area contributed by atoms with Gasteiger partial charge in [-0.15, -0.1) is 0 Å². The number of benzene rings is 2. The molecule has 138 valence electrons. The molecule has 0 fully saturated rings. The van der Waals surface area contributed by atoms with Crippen LogP contribution in [0.25, 0.3) is 0 Å². The molecule has 2 aromatic rings. The Kier molecular flexibility index (Phi) is 6.78. The number of aryl methyl sites for hydroxylation is 2. The van der Waals surface area contributed by atoms with Crippen LogP contribution in [0, 0.1) is 13.8 Å². The molecule has 1 amide bonds. The summed E-state index contributed by atoms with van der Waals surface area (Å²) >= 11 is 0. The summed E-state index contributed by atoms with van der Waals surface area (Å²) in [5, 5.41) is 2.79. The molecule has 1 N–H and O–H groups in total. The lowest BCUT2D eigenvalue weighted by Crippen LogP contribution is -2.13. The zero-order chi connectivity index (χ0) is 19.1. The molecule has 0 aromatic heterocycles. The zero-order valence-electron chi connectivity index (χ0n) is 15.7. The monoisotopic (exact) mass is 355 g/mol. The van der Waals surface area contributed by atoms with Crippen LogP contribution in [-0.2, 0) is 4.79 Å². The highest BCUT2D eigenvalue weighted by atomic mass is 16.5. The Labute approximate surface area is 154 Å². The van der Waals surface area contributed by atoms with E-state index in [4.69, 9.17) is 9.47 Å². The van der Waals surface area contributed by atoms with Crippen LogP contribution in [0.4, 0.5) is 5.69 Å². The van der Waals surface area contributed by atoms with E-state index in [0.29, 0.717) is 29.4 Å². The van der Waals surface area contributed by atoms with E-state index in [1.54, 1.807) is 31.4 Å². The molecule has 2 aromatic carbocycles. The molecule has 0 unspecified atom stereocenters. The first-order valence-corrected chi connectivity index (χ1v) is 8.65. The van der Waals surface area contributed by atoms with E-state index in [2.05, 4.69) is 5.32 Å². The Bertz CT molecular complexity index is 799. The van der Waals surface area contributed by atoms with Gasteiger partial charge in [0.2, 0.25) is 5.91 Å². The maximum absolute atomic E-state index is 12.3. The van der Waals surface area contributed by atoms with E-state index in [0.717, 1.165) is 11.1 Å². The van der Waals surface area contributed by atoms with E-state index in [9.17, 15) is 9.59 Å². The molecule has 26 heavy (non-hydrogen) atoms. The van der Waals surface area contributed by atoms with Gasteiger partial charge in [0.25, 0.3) is 0 Å². The van der Waals surface area contributed by atoms with Crippen molar-refractivity contribution in [2.45, 2.75) is 33.6 Å². The maximum atomic E-state index is 12.3.